The zero-order valence-corrected chi connectivity index (χ0v) is 44.1. The Hall–Kier alpha value is -5.90. The Balaban J connectivity index is 0.646. The third-order valence-corrected chi connectivity index (χ3v) is 19.8. The molecule has 16 heteroatoms. The number of carbonyl (C=O) groups excluding carboxylic acids is 5. The molecule has 2 unspecified atom stereocenters. The summed E-state index contributed by atoms with van der Waals surface area (Å²) in [6, 6.07) is 14.0. The average Bonchev–Trinajstić information content (AvgIpc) is 3.96. The molecule has 9 aliphatic rings. The molecule has 5 amide bonds. The summed E-state index contributed by atoms with van der Waals surface area (Å²) in [6.45, 7) is 10.9. The molecule has 13 rings (SSSR count). The van der Waals surface area contributed by atoms with Crippen LogP contribution in [-0.4, -0.2) is 134 Å². The molecule has 75 heavy (non-hydrogen) atoms. The number of carbonyl (C=O) groups is 5. The van der Waals surface area contributed by atoms with Crippen LogP contribution in [0.25, 0.3) is 22.3 Å². The van der Waals surface area contributed by atoms with Gasteiger partial charge < -0.3 is 34.4 Å². The lowest BCUT2D eigenvalue weighted by Crippen LogP contribution is -2.58. The molecular formula is C59H75N11O5. The van der Waals surface area contributed by atoms with Crippen molar-refractivity contribution < 1.29 is 24.0 Å². The summed E-state index contributed by atoms with van der Waals surface area (Å²) in [5.74, 6) is 1.62. The van der Waals surface area contributed by atoms with Gasteiger partial charge in [0.05, 0.1) is 28.9 Å². The van der Waals surface area contributed by atoms with Crippen molar-refractivity contribution in [3.05, 3.63) is 60.0 Å². The fraction of sp³-hybridized carbons (Fsp3) is 0.627. The number of likely N-dealkylation sites (tertiary alicyclic amines) is 3. The van der Waals surface area contributed by atoms with Crippen LogP contribution in [0.5, 0.6) is 0 Å². The molecule has 8 fully saturated rings. The number of rotatable bonds is 10. The standard InChI is InChI=1S/C59H75N11O5/c1-37(2)69-36-61-48-33-47(63-53(52(48)69)62-42-8-9-42)39-6-11-46-49(30-39)70(44-31-43(32-44)65-22-4-3-5-23-65)57(75)59(46)20-28-68(29-21-59)56(74)40-14-17-58(34-40)18-26-67(27-19-58)55(73)38-15-24-66(25-16-38)50-12-7-41(35-60-50)45-10-13-51(71)64-54(45)72/h6-7,11-12,30,33,35-38,40,42-45H,3-5,8-10,13-29,31-32,34H2,1-2H3,(H,62,63)(H,64,71,72)/t40?,43-,44+,45?. The van der Waals surface area contributed by atoms with Gasteiger partial charge in [0.1, 0.15) is 11.3 Å². The number of fused-ring (bicyclic) bond motifs is 3. The van der Waals surface area contributed by atoms with Crippen LogP contribution in [0.2, 0.25) is 0 Å². The highest BCUT2D eigenvalue weighted by molar-refractivity contribution is 6.09. The number of aromatic nitrogens is 4. The molecule has 1 aromatic carbocycles. The number of hydrogen-bond acceptors (Lipinski definition) is 11. The highest BCUT2D eigenvalue weighted by atomic mass is 16.2. The van der Waals surface area contributed by atoms with Crippen LogP contribution >= 0.6 is 0 Å². The topological polar surface area (TPSA) is 169 Å². The van der Waals surface area contributed by atoms with Gasteiger partial charge in [0, 0.05) is 99.1 Å². The SMILES string of the molecule is CC(C)n1cnc2cc(-c3ccc4c(c3)N([C@H]3C[C@@H](N5CCCCC5)C3)C(=O)C43CCN(C(=O)C4CCC5(CCN(C(=O)C6CCN(c7ccc(C8CCC(=O)NC8=O)cn7)CC6)CC5)C4)CC3)nc(NC3CC3)c21. The number of pyridine rings is 2. The minimum absolute atomic E-state index is 0.00762. The van der Waals surface area contributed by atoms with Crippen molar-refractivity contribution in [1.29, 1.82) is 0 Å². The summed E-state index contributed by atoms with van der Waals surface area (Å²) in [4.78, 5) is 93.9. The van der Waals surface area contributed by atoms with E-state index in [4.69, 9.17) is 9.97 Å². The molecule has 9 heterocycles. The molecule has 16 nitrogen and oxygen atoms in total. The largest absolute Gasteiger partial charge is 0.366 e. The second-order valence-corrected chi connectivity index (χ2v) is 24.6. The van der Waals surface area contributed by atoms with E-state index in [0.29, 0.717) is 50.9 Å². The first-order valence-electron chi connectivity index (χ1n) is 28.9. The van der Waals surface area contributed by atoms with Crippen LogP contribution < -0.4 is 20.4 Å². The lowest BCUT2D eigenvalue weighted by molar-refractivity contribution is -0.140. The van der Waals surface area contributed by atoms with E-state index in [0.717, 1.165) is 161 Å². The maximum atomic E-state index is 15.3. The lowest BCUT2D eigenvalue weighted by Gasteiger charge is -2.48. The molecule has 6 aliphatic heterocycles. The fourth-order valence-electron chi connectivity index (χ4n) is 14.9. The molecule has 4 aromatic rings. The Morgan fingerprint density at radius 2 is 1.48 bits per heavy atom. The summed E-state index contributed by atoms with van der Waals surface area (Å²) >= 11 is 0. The summed E-state index contributed by atoms with van der Waals surface area (Å²) in [7, 11) is 0. The van der Waals surface area contributed by atoms with Crippen molar-refractivity contribution in [1.82, 2.24) is 39.5 Å². The highest BCUT2D eigenvalue weighted by Gasteiger charge is 2.56. The van der Waals surface area contributed by atoms with Gasteiger partial charge in [-0.25, -0.2) is 15.0 Å². The zero-order chi connectivity index (χ0) is 51.2. The van der Waals surface area contributed by atoms with Crippen molar-refractivity contribution in [3.63, 3.8) is 0 Å². The number of hydrogen-bond donors (Lipinski definition) is 2. The van der Waals surface area contributed by atoms with Crippen LogP contribution in [0.3, 0.4) is 0 Å². The molecule has 2 N–H and O–H groups in total. The smallest absolute Gasteiger partial charge is 0.238 e. The van der Waals surface area contributed by atoms with Gasteiger partial charge in [0.25, 0.3) is 0 Å². The van der Waals surface area contributed by atoms with Crippen molar-refractivity contribution in [2.45, 2.75) is 165 Å². The third-order valence-electron chi connectivity index (χ3n) is 19.8. The number of amides is 5. The van der Waals surface area contributed by atoms with E-state index < -0.39 is 5.41 Å². The minimum atomic E-state index is -0.651. The van der Waals surface area contributed by atoms with Gasteiger partial charge in [-0.1, -0.05) is 24.6 Å². The Morgan fingerprint density at radius 1 is 0.747 bits per heavy atom. The van der Waals surface area contributed by atoms with Crippen LogP contribution in [-0.2, 0) is 29.4 Å². The molecule has 396 valence electrons. The van der Waals surface area contributed by atoms with Crippen molar-refractivity contribution in [2.75, 3.05) is 67.5 Å². The number of imide groups is 1. The maximum absolute atomic E-state index is 15.3. The molecule has 2 spiro atoms. The van der Waals surface area contributed by atoms with Crippen LogP contribution in [0.15, 0.2) is 48.9 Å². The molecular weight excluding hydrogens is 943 g/mol. The summed E-state index contributed by atoms with van der Waals surface area (Å²) < 4.78 is 2.21. The minimum Gasteiger partial charge on any atom is -0.366 e. The zero-order valence-electron chi connectivity index (χ0n) is 44.1. The quantitative estimate of drug-likeness (QED) is 0.149. The Labute approximate surface area is 440 Å². The van der Waals surface area contributed by atoms with Gasteiger partial charge in [-0.2, -0.15) is 0 Å². The van der Waals surface area contributed by atoms with Crippen LogP contribution in [0.4, 0.5) is 17.3 Å². The highest BCUT2D eigenvalue weighted by Crippen LogP contribution is 2.54. The van der Waals surface area contributed by atoms with E-state index >= 15 is 4.79 Å². The van der Waals surface area contributed by atoms with E-state index in [-0.39, 0.29) is 64.8 Å². The second kappa shape index (κ2) is 19.3. The van der Waals surface area contributed by atoms with Crippen LogP contribution in [0, 0.1) is 17.3 Å². The molecule has 0 radical (unpaired) electrons. The van der Waals surface area contributed by atoms with E-state index in [1.54, 1.807) is 6.20 Å². The second-order valence-electron chi connectivity index (χ2n) is 24.6. The molecule has 5 saturated heterocycles. The molecule has 2 atom stereocenters. The number of piperidine rings is 5. The predicted octanol–water partition coefficient (Wildman–Crippen LogP) is 7.72. The first-order chi connectivity index (χ1) is 36.4. The monoisotopic (exact) mass is 1020 g/mol. The third kappa shape index (κ3) is 8.88. The first kappa shape index (κ1) is 48.7. The van der Waals surface area contributed by atoms with Gasteiger partial charge in [-0.05, 0) is 164 Å². The fourth-order valence-corrected chi connectivity index (χ4v) is 14.9. The maximum Gasteiger partial charge on any atom is 0.238 e. The van der Waals surface area contributed by atoms with Crippen molar-refractivity contribution in [2.24, 2.45) is 17.3 Å². The van der Waals surface area contributed by atoms with E-state index in [9.17, 15) is 19.2 Å². The number of anilines is 3. The van der Waals surface area contributed by atoms with Crippen molar-refractivity contribution in [3.8, 4) is 11.3 Å². The average molecular weight is 1020 g/mol. The number of benzene rings is 1. The normalized spacial score (nSPS) is 27.1. The lowest BCUT2D eigenvalue weighted by atomic mass is 9.73. The van der Waals surface area contributed by atoms with Gasteiger partial charge in [-0.15, -0.1) is 0 Å². The molecule has 3 aromatic heterocycles. The van der Waals surface area contributed by atoms with Crippen molar-refractivity contribution >= 4 is 57.9 Å². The number of nitrogens with zero attached hydrogens (tertiary/aromatic N) is 9. The van der Waals surface area contributed by atoms with E-state index in [1.807, 2.05) is 18.5 Å². The Bertz CT molecular complexity index is 2880. The van der Waals surface area contributed by atoms with Gasteiger partial charge in [-0.3, -0.25) is 29.3 Å². The summed E-state index contributed by atoms with van der Waals surface area (Å²) in [6.07, 6.45) is 20.2. The predicted molar refractivity (Wildman–Crippen MR) is 287 cm³/mol. The van der Waals surface area contributed by atoms with Gasteiger partial charge in [0.15, 0.2) is 5.82 Å². The number of nitrogens with one attached hydrogen (secondary N) is 2. The number of imidazole rings is 1. The Kier molecular flexibility index (Phi) is 12.5. The summed E-state index contributed by atoms with van der Waals surface area (Å²) in [5.41, 5.74) is 6.26. The first-order valence-corrected chi connectivity index (χ1v) is 28.9. The summed E-state index contributed by atoms with van der Waals surface area (Å²) in [5, 5.41) is 6.15. The molecule has 0 bridgehead atoms. The van der Waals surface area contributed by atoms with Gasteiger partial charge >= 0.3 is 0 Å². The Morgan fingerprint density at radius 3 is 2.17 bits per heavy atom. The molecule has 3 saturated carbocycles. The van der Waals surface area contributed by atoms with E-state index in [1.165, 1.54) is 19.3 Å². The van der Waals surface area contributed by atoms with Gasteiger partial charge in [0.2, 0.25) is 29.5 Å². The van der Waals surface area contributed by atoms with E-state index in [2.05, 4.69) is 82.8 Å². The molecule has 3 aliphatic carbocycles. The van der Waals surface area contributed by atoms with Crippen LogP contribution in [0.1, 0.15) is 153 Å².